The highest BCUT2D eigenvalue weighted by Gasteiger charge is 2.03. The number of aryl methyl sites for hydroxylation is 1. The Labute approximate surface area is 76.3 Å². The Morgan fingerprint density at radius 3 is 2.69 bits per heavy atom. The average Bonchev–Trinajstić information content (AvgIpc) is 2.51. The lowest BCUT2D eigenvalue weighted by atomic mass is 10.2. The number of benzene rings is 1. The van der Waals surface area contributed by atoms with E-state index in [1.54, 1.807) is 6.07 Å². The first-order valence-corrected chi connectivity index (χ1v) is 4.29. The molecule has 0 aliphatic rings. The molecule has 0 saturated heterocycles. The summed E-state index contributed by atoms with van der Waals surface area (Å²) in [6.07, 6.45) is 0. The maximum Gasteiger partial charge on any atom is 0.170 e. The maximum absolute atomic E-state index is 12.6. The van der Waals surface area contributed by atoms with Gasteiger partial charge < -0.3 is 4.52 Å². The van der Waals surface area contributed by atoms with Crippen molar-refractivity contribution in [3.05, 3.63) is 29.7 Å². The Morgan fingerprint density at radius 1 is 1.31 bits per heavy atom. The Bertz CT molecular complexity index is 395. The average molecular weight is 181 g/mol. The van der Waals surface area contributed by atoms with Gasteiger partial charge in [0, 0.05) is 11.5 Å². The zero-order chi connectivity index (χ0) is 9.84. The van der Waals surface area contributed by atoms with Crippen molar-refractivity contribution >= 4 is 11.0 Å². The van der Waals surface area contributed by atoms with Gasteiger partial charge in [-0.2, -0.15) is 0 Å². The minimum absolute atomic E-state index is 0.298. The van der Waals surface area contributed by atoms with Crippen molar-refractivity contribution in [2.75, 3.05) is 0 Å². The van der Waals surface area contributed by atoms with Crippen molar-refractivity contribution in [3.8, 4) is 0 Å². The van der Waals surface area contributed by atoms with Gasteiger partial charge in [-0.1, -0.05) is 19.0 Å². The number of nitrogens with zero attached hydrogens (tertiary/aromatic N) is 1. The molecule has 1 aromatic carbocycles. The van der Waals surface area contributed by atoms with E-state index in [0.717, 1.165) is 11.1 Å². The van der Waals surface area contributed by atoms with E-state index in [-0.39, 0.29) is 5.82 Å². The fourth-order valence-electron chi connectivity index (χ4n) is 1.04. The Hall–Kier alpha value is -1.38. The molecule has 3 heteroatoms. The number of halogens is 1. The van der Waals surface area contributed by atoms with Crippen LogP contribution in [-0.4, -0.2) is 5.16 Å². The third-order valence-corrected chi connectivity index (χ3v) is 1.61. The van der Waals surface area contributed by atoms with E-state index >= 15 is 0 Å². The monoisotopic (exact) mass is 181 g/mol. The van der Waals surface area contributed by atoms with Crippen molar-refractivity contribution in [3.63, 3.8) is 0 Å². The number of aromatic nitrogens is 1. The normalized spacial score (nSPS) is 9.54. The van der Waals surface area contributed by atoms with Crippen LogP contribution in [0.4, 0.5) is 4.39 Å². The number of hydrogen-bond donors (Lipinski definition) is 0. The predicted octanol–water partition coefficient (Wildman–Crippen LogP) is 3.30. The van der Waals surface area contributed by atoms with E-state index in [2.05, 4.69) is 5.16 Å². The summed E-state index contributed by atoms with van der Waals surface area (Å²) in [5.74, 6) is -0.298. The topological polar surface area (TPSA) is 26.0 Å². The van der Waals surface area contributed by atoms with E-state index < -0.39 is 0 Å². The molecule has 0 atom stereocenters. The number of hydrogen-bond acceptors (Lipinski definition) is 2. The molecule has 13 heavy (non-hydrogen) atoms. The zero-order valence-corrected chi connectivity index (χ0v) is 7.97. The zero-order valence-electron chi connectivity index (χ0n) is 7.97. The highest BCUT2D eigenvalue weighted by Crippen LogP contribution is 2.17. The van der Waals surface area contributed by atoms with Gasteiger partial charge in [0.1, 0.15) is 5.82 Å². The quantitative estimate of drug-likeness (QED) is 0.623. The molecule has 0 N–H and O–H groups in total. The van der Waals surface area contributed by atoms with E-state index in [1.165, 1.54) is 12.1 Å². The van der Waals surface area contributed by atoms with Crippen molar-refractivity contribution < 1.29 is 8.91 Å². The minimum Gasteiger partial charge on any atom is -0.356 e. The molecule has 0 fully saturated rings. The van der Waals surface area contributed by atoms with Gasteiger partial charge in [0.05, 0.1) is 5.69 Å². The van der Waals surface area contributed by atoms with E-state index in [1.807, 2.05) is 20.8 Å². The van der Waals surface area contributed by atoms with Crippen LogP contribution in [0.15, 0.2) is 22.7 Å². The first kappa shape index (κ1) is 9.71. The third-order valence-electron chi connectivity index (χ3n) is 1.61. The fourth-order valence-corrected chi connectivity index (χ4v) is 1.04. The fraction of sp³-hybridized carbons (Fsp3) is 0.300. The van der Waals surface area contributed by atoms with Crippen molar-refractivity contribution in [1.82, 2.24) is 5.16 Å². The summed E-state index contributed by atoms with van der Waals surface area (Å²) in [5.41, 5.74) is 1.29. The second-order valence-electron chi connectivity index (χ2n) is 2.41. The minimum atomic E-state index is -0.298. The molecule has 0 aliphatic carbocycles. The summed E-state index contributed by atoms with van der Waals surface area (Å²) in [4.78, 5) is 0. The van der Waals surface area contributed by atoms with E-state index in [9.17, 15) is 4.39 Å². The van der Waals surface area contributed by atoms with Gasteiger partial charge in [-0.3, -0.25) is 0 Å². The molecule has 2 aromatic rings. The lowest BCUT2D eigenvalue weighted by molar-refractivity contribution is 0.448. The summed E-state index contributed by atoms with van der Waals surface area (Å²) in [6, 6.07) is 4.39. The maximum atomic E-state index is 12.6. The van der Waals surface area contributed by atoms with Crippen LogP contribution in [0.1, 0.15) is 19.5 Å². The molecule has 2 nitrogen and oxygen atoms in total. The van der Waals surface area contributed by atoms with Crippen LogP contribution in [0, 0.1) is 12.7 Å². The van der Waals surface area contributed by atoms with Crippen LogP contribution in [-0.2, 0) is 0 Å². The van der Waals surface area contributed by atoms with Gasteiger partial charge in [-0.05, 0) is 19.1 Å². The molecule has 1 aromatic heterocycles. The van der Waals surface area contributed by atoms with Crippen LogP contribution in [0.3, 0.4) is 0 Å². The van der Waals surface area contributed by atoms with Crippen molar-refractivity contribution in [2.45, 2.75) is 20.8 Å². The van der Waals surface area contributed by atoms with Gasteiger partial charge >= 0.3 is 0 Å². The largest absolute Gasteiger partial charge is 0.356 e. The van der Waals surface area contributed by atoms with Gasteiger partial charge in [0.2, 0.25) is 0 Å². The molecule has 0 radical (unpaired) electrons. The Kier molecular flexibility index (Phi) is 3.01. The van der Waals surface area contributed by atoms with E-state index in [0.29, 0.717) is 5.58 Å². The molecule has 0 unspecified atom stereocenters. The second kappa shape index (κ2) is 4.03. The van der Waals surface area contributed by atoms with Crippen LogP contribution in [0.25, 0.3) is 11.0 Å². The summed E-state index contributed by atoms with van der Waals surface area (Å²) < 4.78 is 17.4. The van der Waals surface area contributed by atoms with Crippen molar-refractivity contribution in [2.24, 2.45) is 0 Å². The lowest BCUT2D eigenvalue weighted by Crippen LogP contribution is -1.72. The summed E-state index contributed by atoms with van der Waals surface area (Å²) in [5, 5.41) is 4.56. The van der Waals surface area contributed by atoms with E-state index in [4.69, 9.17) is 4.52 Å². The van der Waals surface area contributed by atoms with Crippen molar-refractivity contribution in [1.29, 1.82) is 0 Å². The van der Waals surface area contributed by atoms with Gasteiger partial charge in [0.25, 0.3) is 0 Å². The highest BCUT2D eigenvalue weighted by molar-refractivity contribution is 5.78. The molecule has 70 valence electrons. The molecule has 0 spiro atoms. The molecular formula is C10H12FNO. The first-order chi connectivity index (χ1) is 6.27. The SMILES string of the molecule is CC.Cc1noc2cc(F)ccc12. The van der Waals surface area contributed by atoms with Crippen LogP contribution < -0.4 is 0 Å². The third kappa shape index (κ3) is 1.86. The molecule has 2 rings (SSSR count). The van der Waals surface area contributed by atoms with Gasteiger partial charge in [-0.25, -0.2) is 4.39 Å². The Morgan fingerprint density at radius 2 is 2.00 bits per heavy atom. The van der Waals surface area contributed by atoms with Crippen LogP contribution in [0.2, 0.25) is 0 Å². The summed E-state index contributed by atoms with van der Waals surface area (Å²) in [7, 11) is 0. The van der Waals surface area contributed by atoms with Crippen LogP contribution >= 0.6 is 0 Å². The number of rotatable bonds is 0. The van der Waals surface area contributed by atoms with Gasteiger partial charge in [-0.15, -0.1) is 0 Å². The first-order valence-electron chi connectivity index (χ1n) is 4.29. The lowest BCUT2D eigenvalue weighted by Gasteiger charge is -1.86. The summed E-state index contributed by atoms with van der Waals surface area (Å²) in [6.45, 7) is 5.82. The highest BCUT2D eigenvalue weighted by atomic mass is 19.1. The molecule has 0 amide bonds. The standard InChI is InChI=1S/C8H6FNO.C2H6/c1-5-7-3-2-6(9)4-8(7)11-10-5;1-2/h2-4H,1H3;1-2H3. The molecular weight excluding hydrogens is 169 g/mol. The molecule has 0 bridgehead atoms. The smallest absolute Gasteiger partial charge is 0.170 e. The molecule has 0 aliphatic heterocycles. The Balaban J connectivity index is 0.000000396. The summed E-state index contributed by atoms with van der Waals surface area (Å²) >= 11 is 0. The predicted molar refractivity (Wildman–Crippen MR) is 50.1 cm³/mol. The molecule has 0 saturated carbocycles. The molecule has 1 heterocycles. The van der Waals surface area contributed by atoms with Gasteiger partial charge in [0.15, 0.2) is 5.58 Å². The van der Waals surface area contributed by atoms with Crippen LogP contribution in [0.5, 0.6) is 0 Å². The second-order valence-corrected chi connectivity index (χ2v) is 2.41. The number of fused-ring (bicyclic) bond motifs is 1.